The topological polar surface area (TPSA) is 76.6 Å². The number of aliphatic imine (C=N–C) groups is 1. The van der Waals surface area contributed by atoms with E-state index in [-0.39, 0.29) is 5.54 Å². The van der Waals surface area contributed by atoms with Gasteiger partial charge in [-0.2, -0.15) is 0 Å². The smallest absolute Gasteiger partial charge is 0.191 e. The standard InChI is InChI=1S/C24H40N4O4/c1-5-25-23(26-17-19-15-21(30-3)22(31-4)16-20(19)29-2)27-18-24(9-7-6-8-10-24)28-11-13-32-14-12-28/h15-16H,5-14,17-18H2,1-4H3,(H2,25,26,27). The van der Waals surface area contributed by atoms with Crippen LogP contribution >= 0.6 is 0 Å². The molecule has 1 aromatic rings. The maximum atomic E-state index is 5.62. The lowest BCUT2D eigenvalue weighted by Gasteiger charge is -2.48. The average Bonchev–Trinajstić information content (AvgIpc) is 2.86. The van der Waals surface area contributed by atoms with Crippen molar-refractivity contribution in [1.29, 1.82) is 0 Å². The van der Waals surface area contributed by atoms with E-state index in [0.29, 0.717) is 18.0 Å². The molecule has 2 N–H and O–H groups in total. The Kier molecular flexibility index (Phi) is 9.29. The molecule has 0 atom stereocenters. The highest BCUT2D eigenvalue weighted by Crippen LogP contribution is 2.35. The Morgan fingerprint density at radius 1 is 0.969 bits per heavy atom. The molecular formula is C24H40N4O4. The molecule has 0 aromatic heterocycles. The predicted octanol–water partition coefficient (Wildman–Crippen LogP) is 2.80. The van der Waals surface area contributed by atoms with Gasteiger partial charge in [-0.15, -0.1) is 0 Å². The number of nitrogens with zero attached hydrogens (tertiary/aromatic N) is 2. The summed E-state index contributed by atoms with van der Waals surface area (Å²) in [6, 6.07) is 3.78. The summed E-state index contributed by atoms with van der Waals surface area (Å²) in [5.41, 5.74) is 1.13. The molecule has 32 heavy (non-hydrogen) atoms. The van der Waals surface area contributed by atoms with Crippen LogP contribution in [0.15, 0.2) is 17.1 Å². The van der Waals surface area contributed by atoms with Crippen LogP contribution in [-0.4, -0.2) is 77.1 Å². The largest absolute Gasteiger partial charge is 0.496 e. The van der Waals surface area contributed by atoms with Gasteiger partial charge >= 0.3 is 0 Å². The molecule has 0 unspecified atom stereocenters. The molecule has 8 nitrogen and oxygen atoms in total. The van der Waals surface area contributed by atoms with Gasteiger partial charge in [-0.25, -0.2) is 4.99 Å². The predicted molar refractivity (Wildman–Crippen MR) is 127 cm³/mol. The van der Waals surface area contributed by atoms with E-state index in [1.807, 2.05) is 12.1 Å². The summed E-state index contributed by atoms with van der Waals surface area (Å²) in [5.74, 6) is 2.87. The SMILES string of the molecule is CCNC(=NCc1cc(OC)c(OC)cc1OC)NCC1(N2CCOCC2)CCCCC1. The number of hydrogen-bond acceptors (Lipinski definition) is 6. The molecule has 0 radical (unpaired) electrons. The zero-order valence-electron chi connectivity index (χ0n) is 20.2. The minimum absolute atomic E-state index is 0.180. The summed E-state index contributed by atoms with van der Waals surface area (Å²) in [6.45, 7) is 7.94. The van der Waals surface area contributed by atoms with Crippen LogP contribution in [0.1, 0.15) is 44.6 Å². The normalized spacial score (nSPS) is 19.3. The maximum Gasteiger partial charge on any atom is 0.191 e. The van der Waals surface area contributed by atoms with Gasteiger partial charge < -0.3 is 29.6 Å². The van der Waals surface area contributed by atoms with Crippen LogP contribution in [0.4, 0.5) is 0 Å². The molecule has 180 valence electrons. The number of rotatable bonds is 9. The first-order valence-corrected chi connectivity index (χ1v) is 11.8. The molecule has 1 heterocycles. The molecule has 1 aliphatic heterocycles. The third-order valence-electron chi connectivity index (χ3n) is 6.59. The molecule has 0 bridgehead atoms. The highest BCUT2D eigenvalue weighted by Gasteiger charge is 2.38. The van der Waals surface area contributed by atoms with Gasteiger partial charge in [-0.05, 0) is 25.8 Å². The Morgan fingerprint density at radius 3 is 2.25 bits per heavy atom. The fourth-order valence-corrected chi connectivity index (χ4v) is 4.82. The summed E-state index contributed by atoms with van der Waals surface area (Å²) >= 11 is 0. The van der Waals surface area contributed by atoms with Gasteiger partial charge in [0.2, 0.25) is 0 Å². The molecular weight excluding hydrogens is 408 g/mol. The minimum Gasteiger partial charge on any atom is -0.496 e. The minimum atomic E-state index is 0.180. The van der Waals surface area contributed by atoms with Gasteiger partial charge in [-0.1, -0.05) is 19.3 Å². The van der Waals surface area contributed by atoms with Crippen LogP contribution in [0.25, 0.3) is 0 Å². The number of methoxy groups -OCH3 is 3. The lowest BCUT2D eigenvalue weighted by molar-refractivity contribution is -0.0352. The Morgan fingerprint density at radius 2 is 1.62 bits per heavy atom. The molecule has 3 rings (SSSR count). The van der Waals surface area contributed by atoms with Crippen LogP contribution in [-0.2, 0) is 11.3 Å². The van der Waals surface area contributed by atoms with E-state index in [4.69, 9.17) is 23.9 Å². The first-order valence-electron chi connectivity index (χ1n) is 11.8. The Labute approximate surface area is 192 Å². The van der Waals surface area contributed by atoms with Crippen molar-refractivity contribution in [1.82, 2.24) is 15.5 Å². The quantitative estimate of drug-likeness (QED) is 0.444. The average molecular weight is 449 g/mol. The van der Waals surface area contributed by atoms with Crippen molar-refractivity contribution in [3.05, 3.63) is 17.7 Å². The van der Waals surface area contributed by atoms with Gasteiger partial charge in [0.05, 0.1) is 41.1 Å². The molecule has 0 amide bonds. The summed E-state index contributed by atoms with van der Waals surface area (Å²) in [4.78, 5) is 7.50. The number of ether oxygens (including phenoxy) is 4. The Hall–Kier alpha value is -2.19. The highest BCUT2D eigenvalue weighted by molar-refractivity contribution is 5.80. The molecule has 1 saturated heterocycles. The number of benzene rings is 1. The van der Waals surface area contributed by atoms with Crippen LogP contribution in [0, 0.1) is 0 Å². The molecule has 1 aromatic carbocycles. The lowest BCUT2D eigenvalue weighted by Crippen LogP contribution is -2.60. The van der Waals surface area contributed by atoms with Gasteiger partial charge in [0.15, 0.2) is 17.5 Å². The zero-order valence-corrected chi connectivity index (χ0v) is 20.2. The van der Waals surface area contributed by atoms with Crippen molar-refractivity contribution in [2.24, 2.45) is 4.99 Å². The van der Waals surface area contributed by atoms with Crippen molar-refractivity contribution in [2.75, 3.05) is 60.7 Å². The van der Waals surface area contributed by atoms with Crippen molar-refractivity contribution < 1.29 is 18.9 Å². The number of hydrogen-bond donors (Lipinski definition) is 2. The van der Waals surface area contributed by atoms with Crippen LogP contribution < -0.4 is 24.8 Å². The Balaban J connectivity index is 1.74. The lowest BCUT2D eigenvalue weighted by atomic mass is 9.80. The van der Waals surface area contributed by atoms with E-state index in [1.165, 1.54) is 32.1 Å². The second-order valence-corrected chi connectivity index (χ2v) is 8.45. The summed E-state index contributed by atoms with van der Waals surface area (Å²) in [6.07, 6.45) is 6.36. The second-order valence-electron chi connectivity index (χ2n) is 8.45. The molecule has 1 aliphatic carbocycles. The number of nitrogens with one attached hydrogen (secondary N) is 2. The van der Waals surface area contributed by atoms with E-state index < -0.39 is 0 Å². The third kappa shape index (κ3) is 5.98. The third-order valence-corrected chi connectivity index (χ3v) is 6.59. The zero-order chi connectivity index (χ0) is 22.8. The van der Waals surface area contributed by atoms with Gasteiger partial charge in [0.25, 0.3) is 0 Å². The van der Waals surface area contributed by atoms with Crippen LogP contribution in [0.5, 0.6) is 17.2 Å². The summed E-state index contributed by atoms with van der Waals surface area (Å²) in [7, 11) is 4.92. The fourth-order valence-electron chi connectivity index (χ4n) is 4.82. The molecule has 2 fully saturated rings. The summed E-state index contributed by atoms with van der Waals surface area (Å²) in [5, 5.41) is 7.05. The van der Waals surface area contributed by atoms with E-state index in [0.717, 1.165) is 56.7 Å². The fraction of sp³-hybridized carbons (Fsp3) is 0.708. The Bertz CT molecular complexity index is 744. The second kappa shape index (κ2) is 12.2. The molecule has 2 aliphatic rings. The van der Waals surface area contributed by atoms with E-state index in [1.54, 1.807) is 21.3 Å². The monoisotopic (exact) mass is 448 g/mol. The van der Waals surface area contributed by atoms with E-state index in [2.05, 4.69) is 22.5 Å². The van der Waals surface area contributed by atoms with E-state index >= 15 is 0 Å². The first kappa shape index (κ1) is 24.5. The summed E-state index contributed by atoms with van der Waals surface area (Å²) < 4.78 is 22.0. The molecule has 0 spiro atoms. The van der Waals surface area contributed by atoms with Gasteiger partial charge in [0, 0.05) is 43.3 Å². The van der Waals surface area contributed by atoms with Gasteiger partial charge in [-0.3, -0.25) is 4.90 Å². The highest BCUT2D eigenvalue weighted by atomic mass is 16.5. The number of morpholine rings is 1. The van der Waals surface area contributed by atoms with Crippen molar-refractivity contribution in [2.45, 2.75) is 51.1 Å². The van der Waals surface area contributed by atoms with Crippen molar-refractivity contribution in [3.63, 3.8) is 0 Å². The van der Waals surface area contributed by atoms with Crippen LogP contribution in [0.2, 0.25) is 0 Å². The van der Waals surface area contributed by atoms with Crippen LogP contribution in [0.3, 0.4) is 0 Å². The molecule has 8 heteroatoms. The maximum absolute atomic E-state index is 5.62. The molecule has 1 saturated carbocycles. The number of guanidine groups is 1. The van der Waals surface area contributed by atoms with Gasteiger partial charge in [0.1, 0.15) is 5.75 Å². The first-order chi connectivity index (χ1) is 15.7. The van der Waals surface area contributed by atoms with Crippen molar-refractivity contribution >= 4 is 5.96 Å². The van der Waals surface area contributed by atoms with E-state index in [9.17, 15) is 0 Å². The van der Waals surface area contributed by atoms with Crippen molar-refractivity contribution in [3.8, 4) is 17.2 Å².